The van der Waals surface area contributed by atoms with Gasteiger partial charge in [-0.25, -0.2) is 9.37 Å². The number of benzene rings is 2. The molecule has 0 bridgehead atoms. The average molecular weight is 497 g/mol. The molecule has 1 unspecified atom stereocenters. The molecular weight excluding hydrogens is 471 g/mol. The topological polar surface area (TPSA) is 82.6 Å². The monoisotopic (exact) mass is 496 g/mol. The zero-order chi connectivity index (χ0) is 25.5. The van der Waals surface area contributed by atoms with E-state index < -0.39 is 11.9 Å². The molecule has 3 amide bonds. The molecule has 1 N–H and O–H groups in total. The number of piperidine rings is 2. The van der Waals surface area contributed by atoms with Crippen LogP contribution in [0.2, 0.25) is 0 Å². The van der Waals surface area contributed by atoms with E-state index in [0.29, 0.717) is 23.9 Å². The van der Waals surface area contributed by atoms with Crippen molar-refractivity contribution in [3.05, 3.63) is 71.2 Å². The molecule has 1 atom stereocenters. The number of nitrogens with one attached hydrogen (secondary N) is 1. The van der Waals surface area contributed by atoms with Crippen LogP contribution in [0.4, 0.5) is 10.2 Å². The fraction of sp³-hybridized carbons (Fsp3) is 0.310. The van der Waals surface area contributed by atoms with Crippen molar-refractivity contribution in [2.24, 2.45) is 5.92 Å². The number of carbonyl (C=O) groups is 3. The highest BCUT2D eigenvalue weighted by Crippen LogP contribution is 2.31. The lowest BCUT2D eigenvalue weighted by Gasteiger charge is -2.31. The molecule has 2 saturated heterocycles. The first-order valence-electron chi connectivity index (χ1n) is 12.6. The molecule has 1 aromatic heterocycles. The number of rotatable bonds is 2. The van der Waals surface area contributed by atoms with Gasteiger partial charge in [-0.2, -0.15) is 0 Å². The van der Waals surface area contributed by atoms with Crippen LogP contribution in [0.25, 0.3) is 10.8 Å². The van der Waals surface area contributed by atoms with Crippen molar-refractivity contribution >= 4 is 34.3 Å². The zero-order valence-electron chi connectivity index (χ0n) is 20.2. The van der Waals surface area contributed by atoms with E-state index in [-0.39, 0.29) is 30.0 Å². The number of nitrogens with zero attached hydrogens (tertiary/aromatic N) is 3. The summed E-state index contributed by atoms with van der Waals surface area (Å²) in [5, 5.41) is 3.73. The molecule has 6 rings (SSSR count). The highest BCUT2D eigenvalue weighted by atomic mass is 19.1. The van der Waals surface area contributed by atoms with Crippen molar-refractivity contribution in [2.75, 3.05) is 18.0 Å². The third kappa shape index (κ3) is 4.20. The van der Waals surface area contributed by atoms with Crippen LogP contribution in [0.5, 0.6) is 0 Å². The quantitative estimate of drug-likeness (QED) is 0.435. The number of aromatic nitrogens is 1. The highest BCUT2D eigenvalue weighted by molar-refractivity contribution is 6.05. The molecule has 3 aliphatic heterocycles. The van der Waals surface area contributed by atoms with Crippen LogP contribution >= 0.6 is 0 Å². The minimum Gasteiger partial charge on any atom is -0.356 e. The fourth-order valence-electron chi connectivity index (χ4n) is 5.52. The van der Waals surface area contributed by atoms with Gasteiger partial charge in [0, 0.05) is 60.1 Å². The summed E-state index contributed by atoms with van der Waals surface area (Å²) >= 11 is 0. The van der Waals surface area contributed by atoms with Crippen molar-refractivity contribution in [1.82, 2.24) is 15.2 Å². The molecule has 0 saturated carbocycles. The molecule has 0 aliphatic carbocycles. The SMILES string of the molecule is O=C1CCC(N2Cc3c(C#CC4CCN(c5nccc6c(F)cccc56)CC4)cccc3C2=O)C(=O)N1. The van der Waals surface area contributed by atoms with Gasteiger partial charge in [-0.15, -0.1) is 0 Å². The summed E-state index contributed by atoms with van der Waals surface area (Å²) in [5.41, 5.74) is 2.21. The van der Waals surface area contributed by atoms with Gasteiger partial charge in [-0.05, 0) is 49.1 Å². The Labute approximate surface area is 213 Å². The lowest BCUT2D eigenvalue weighted by atomic mass is 9.95. The molecular formula is C29H25FN4O3. The van der Waals surface area contributed by atoms with E-state index in [1.165, 1.54) is 6.07 Å². The smallest absolute Gasteiger partial charge is 0.255 e. The van der Waals surface area contributed by atoms with Gasteiger partial charge in [0.2, 0.25) is 11.8 Å². The van der Waals surface area contributed by atoms with E-state index in [4.69, 9.17) is 0 Å². The number of imide groups is 1. The number of halogens is 1. The standard InChI is InChI=1S/C29H25FN4O3/c30-24-6-2-4-21-20(24)11-14-31-27(21)33-15-12-18(13-16-33)7-8-19-3-1-5-22-23(19)17-34(29(22)37)25-9-10-26(35)32-28(25)36/h1-6,11,14,18,25H,9-10,12-13,15-17H2,(H,32,35,36). The van der Waals surface area contributed by atoms with Gasteiger partial charge in [0.05, 0.1) is 0 Å². The minimum atomic E-state index is -0.640. The van der Waals surface area contributed by atoms with E-state index in [0.717, 1.165) is 48.3 Å². The van der Waals surface area contributed by atoms with Crippen LogP contribution in [0.3, 0.4) is 0 Å². The third-order valence-corrected chi connectivity index (χ3v) is 7.52. The second kappa shape index (κ2) is 9.32. The summed E-state index contributed by atoms with van der Waals surface area (Å²) in [6.45, 7) is 1.86. The van der Waals surface area contributed by atoms with Crippen LogP contribution in [-0.4, -0.2) is 46.7 Å². The van der Waals surface area contributed by atoms with E-state index in [2.05, 4.69) is 27.0 Å². The average Bonchev–Trinajstić information content (AvgIpc) is 3.24. The molecule has 0 radical (unpaired) electrons. The molecule has 3 aliphatic rings. The van der Waals surface area contributed by atoms with Gasteiger partial charge in [0.1, 0.15) is 17.7 Å². The predicted molar refractivity (Wildman–Crippen MR) is 136 cm³/mol. The number of anilines is 1. The molecule has 2 aromatic carbocycles. The Morgan fingerprint density at radius 2 is 1.78 bits per heavy atom. The Bertz CT molecular complexity index is 1500. The predicted octanol–water partition coefficient (Wildman–Crippen LogP) is 3.40. The van der Waals surface area contributed by atoms with E-state index in [1.807, 2.05) is 18.2 Å². The number of carbonyl (C=O) groups excluding carboxylic acids is 3. The lowest BCUT2D eigenvalue weighted by molar-refractivity contribution is -0.136. The molecule has 2 fully saturated rings. The van der Waals surface area contributed by atoms with Gasteiger partial charge in [-0.1, -0.05) is 30.0 Å². The molecule has 7 nitrogen and oxygen atoms in total. The van der Waals surface area contributed by atoms with Crippen LogP contribution < -0.4 is 10.2 Å². The molecule has 186 valence electrons. The molecule has 37 heavy (non-hydrogen) atoms. The van der Waals surface area contributed by atoms with Crippen molar-refractivity contribution in [1.29, 1.82) is 0 Å². The second-order valence-electron chi connectivity index (χ2n) is 9.73. The maximum Gasteiger partial charge on any atom is 0.255 e. The number of pyridine rings is 1. The lowest BCUT2D eigenvalue weighted by Crippen LogP contribution is -2.52. The zero-order valence-corrected chi connectivity index (χ0v) is 20.2. The normalized spacial score (nSPS) is 20.0. The summed E-state index contributed by atoms with van der Waals surface area (Å²) in [7, 11) is 0. The van der Waals surface area contributed by atoms with Gasteiger partial charge in [0.25, 0.3) is 5.91 Å². The van der Waals surface area contributed by atoms with Crippen molar-refractivity contribution in [3.8, 4) is 11.8 Å². The summed E-state index contributed by atoms with van der Waals surface area (Å²) in [6, 6.07) is 11.7. The van der Waals surface area contributed by atoms with E-state index >= 15 is 0 Å². The van der Waals surface area contributed by atoms with Crippen molar-refractivity contribution < 1.29 is 18.8 Å². The van der Waals surface area contributed by atoms with Crippen LogP contribution in [-0.2, 0) is 16.1 Å². The van der Waals surface area contributed by atoms with Crippen LogP contribution in [0.1, 0.15) is 47.2 Å². The third-order valence-electron chi connectivity index (χ3n) is 7.52. The first kappa shape index (κ1) is 23.2. The summed E-state index contributed by atoms with van der Waals surface area (Å²) in [5.74, 6) is 6.55. The molecule has 3 aromatic rings. The Morgan fingerprint density at radius 1 is 0.973 bits per heavy atom. The number of fused-ring (bicyclic) bond motifs is 2. The van der Waals surface area contributed by atoms with Gasteiger partial charge < -0.3 is 9.80 Å². The first-order valence-corrected chi connectivity index (χ1v) is 12.6. The highest BCUT2D eigenvalue weighted by Gasteiger charge is 2.39. The summed E-state index contributed by atoms with van der Waals surface area (Å²) < 4.78 is 14.2. The molecule has 0 spiro atoms. The number of hydrogen-bond donors (Lipinski definition) is 1. The molecule has 8 heteroatoms. The Morgan fingerprint density at radius 3 is 2.59 bits per heavy atom. The number of amides is 3. The largest absolute Gasteiger partial charge is 0.356 e. The van der Waals surface area contributed by atoms with Gasteiger partial charge in [0.15, 0.2) is 0 Å². The molecule has 4 heterocycles. The first-order chi connectivity index (χ1) is 18.0. The van der Waals surface area contributed by atoms with Crippen molar-refractivity contribution in [3.63, 3.8) is 0 Å². The van der Waals surface area contributed by atoms with Gasteiger partial charge >= 0.3 is 0 Å². The fourth-order valence-corrected chi connectivity index (χ4v) is 5.52. The van der Waals surface area contributed by atoms with Crippen molar-refractivity contribution in [2.45, 2.75) is 38.3 Å². The van der Waals surface area contributed by atoms with Crippen LogP contribution in [0, 0.1) is 23.6 Å². The second-order valence-corrected chi connectivity index (χ2v) is 9.73. The Kier molecular flexibility index (Phi) is 5.84. The summed E-state index contributed by atoms with van der Waals surface area (Å²) in [4.78, 5) is 45.2. The summed E-state index contributed by atoms with van der Waals surface area (Å²) in [6.07, 6.45) is 3.93. The Hall–Kier alpha value is -4.25. The Balaban J connectivity index is 1.16. The van der Waals surface area contributed by atoms with Gasteiger partial charge in [-0.3, -0.25) is 19.7 Å². The minimum absolute atomic E-state index is 0.194. The number of hydrogen-bond acceptors (Lipinski definition) is 5. The van der Waals surface area contributed by atoms with Crippen LogP contribution in [0.15, 0.2) is 48.7 Å². The van der Waals surface area contributed by atoms with E-state index in [1.54, 1.807) is 29.3 Å². The maximum absolute atomic E-state index is 14.2. The maximum atomic E-state index is 14.2. The van der Waals surface area contributed by atoms with E-state index in [9.17, 15) is 18.8 Å².